The molecule has 4 aromatic rings. The van der Waals surface area contributed by atoms with Crippen molar-refractivity contribution in [2.24, 2.45) is 0 Å². The van der Waals surface area contributed by atoms with Crippen LogP contribution in [-0.4, -0.2) is 54.5 Å². The largest absolute Gasteiger partial charge is 0.444 e. The first-order valence-electron chi connectivity index (χ1n) is 12.4. The second-order valence-corrected chi connectivity index (χ2v) is 10.5. The standard InChI is InChI=1S/C26H27F3N6O4/c1-14-17(22-32-31-21(38-22)16-10-12-34(13-11-16)24(37)39-25(2,3)4)23(36)35-20(30-14)18(15-8-6-5-7-9-15)19(33-35)26(27,28)29/h5-9,16,30H,10-13H2,1-4H3. The summed E-state index contributed by atoms with van der Waals surface area (Å²) in [5, 5.41) is 11.8. The number of fused-ring (bicyclic) bond motifs is 1. The van der Waals surface area contributed by atoms with E-state index in [4.69, 9.17) is 9.15 Å². The van der Waals surface area contributed by atoms with E-state index >= 15 is 0 Å². The molecule has 4 heterocycles. The van der Waals surface area contributed by atoms with Gasteiger partial charge in [-0.15, -0.1) is 10.2 Å². The molecule has 206 valence electrons. The van der Waals surface area contributed by atoms with E-state index in [1.807, 2.05) is 0 Å². The summed E-state index contributed by atoms with van der Waals surface area (Å²) >= 11 is 0. The number of carbonyl (C=O) groups is 1. The van der Waals surface area contributed by atoms with Crippen LogP contribution in [0.5, 0.6) is 0 Å². The van der Waals surface area contributed by atoms with Gasteiger partial charge in [0.2, 0.25) is 5.89 Å². The highest BCUT2D eigenvalue weighted by molar-refractivity contribution is 5.81. The van der Waals surface area contributed by atoms with Crippen molar-refractivity contribution in [2.75, 3.05) is 13.1 Å². The van der Waals surface area contributed by atoms with Crippen LogP contribution >= 0.6 is 0 Å². The number of likely N-dealkylation sites (tertiary alicyclic amines) is 1. The lowest BCUT2D eigenvalue weighted by atomic mass is 9.97. The van der Waals surface area contributed by atoms with Crippen LogP contribution in [-0.2, 0) is 10.9 Å². The van der Waals surface area contributed by atoms with E-state index in [-0.39, 0.29) is 45.7 Å². The minimum Gasteiger partial charge on any atom is -0.444 e. The van der Waals surface area contributed by atoms with Crippen molar-refractivity contribution >= 4 is 11.7 Å². The van der Waals surface area contributed by atoms with Crippen molar-refractivity contribution in [3.63, 3.8) is 0 Å². The number of nitrogens with zero attached hydrogens (tertiary/aromatic N) is 5. The van der Waals surface area contributed by atoms with Gasteiger partial charge in [0, 0.05) is 24.7 Å². The van der Waals surface area contributed by atoms with Gasteiger partial charge < -0.3 is 19.0 Å². The van der Waals surface area contributed by atoms with Gasteiger partial charge in [-0.1, -0.05) is 30.3 Å². The van der Waals surface area contributed by atoms with Crippen molar-refractivity contribution in [3.05, 3.63) is 58.0 Å². The number of piperidine rings is 1. The third-order valence-corrected chi connectivity index (χ3v) is 6.45. The number of alkyl halides is 3. The molecular formula is C26H27F3N6O4. The Morgan fingerprint density at radius 2 is 1.74 bits per heavy atom. The fourth-order valence-corrected chi connectivity index (χ4v) is 4.65. The number of aromatic nitrogens is 5. The summed E-state index contributed by atoms with van der Waals surface area (Å²) in [7, 11) is 0. The average Bonchev–Trinajstić information content (AvgIpc) is 3.49. The molecule has 1 aromatic carbocycles. The number of amides is 1. The molecule has 1 N–H and O–H groups in total. The zero-order valence-electron chi connectivity index (χ0n) is 21.8. The SMILES string of the molecule is Cc1[nH]c2c(-c3ccccc3)c(C(F)(F)F)nn2c(=O)c1-c1nnc(C2CCN(C(=O)OC(C)(C)C)CC2)o1. The molecular weight excluding hydrogens is 517 g/mol. The number of benzene rings is 1. The third-order valence-electron chi connectivity index (χ3n) is 6.45. The van der Waals surface area contributed by atoms with E-state index in [0.717, 1.165) is 0 Å². The zero-order chi connectivity index (χ0) is 28.1. The van der Waals surface area contributed by atoms with Gasteiger partial charge in [0.25, 0.3) is 11.4 Å². The normalized spacial score (nSPS) is 15.2. The average molecular weight is 545 g/mol. The lowest BCUT2D eigenvalue weighted by Gasteiger charge is -2.32. The van der Waals surface area contributed by atoms with Crippen LogP contribution < -0.4 is 5.56 Å². The third kappa shape index (κ3) is 5.12. The molecule has 0 aliphatic carbocycles. The second kappa shape index (κ2) is 9.54. The molecule has 39 heavy (non-hydrogen) atoms. The smallest absolute Gasteiger partial charge is 0.435 e. The Hall–Kier alpha value is -4.16. The van der Waals surface area contributed by atoms with E-state index in [9.17, 15) is 22.8 Å². The van der Waals surface area contributed by atoms with Gasteiger partial charge in [-0.3, -0.25) is 4.79 Å². The van der Waals surface area contributed by atoms with Gasteiger partial charge >= 0.3 is 12.3 Å². The Labute approximate surface area is 220 Å². The minimum absolute atomic E-state index is 0.0664. The summed E-state index contributed by atoms with van der Waals surface area (Å²) in [6.45, 7) is 7.81. The van der Waals surface area contributed by atoms with E-state index in [1.165, 1.54) is 12.1 Å². The fraction of sp³-hybridized carbons (Fsp3) is 0.423. The van der Waals surface area contributed by atoms with Crippen LogP contribution in [0.1, 0.15) is 56.8 Å². The van der Waals surface area contributed by atoms with Crippen LogP contribution in [0.2, 0.25) is 0 Å². The maximum absolute atomic E-state index is 13.9. The summed E-state index contributed by atoms with van der Waals surface area (Å²) < 4.78 is 53.7. The van der Waals surface area contributed by atoms with Gasteiger partial charge in [0.1, 0.15) is 16.8 Å². The molecule has 1 saturated heterocycles. The maximum Gasteiger partial charge on any atom is 0.435 e. The van der Waals surface area contributed by atoms with Gasteiger partial charge in [-0.2, -0.15) is 22.8 Å². The highest BCUT2D eigenvalue weighted by Crippen LogP contribution is 2.38. The van der Waals surface area contributed by atoms with E-state index < -0.39 is 29.1 Å². The molecule has 0 atom stereocenters. The van der Waals surface area contributed by atoms with E-state index in [0.29, 0.717) is 30.4 Å². The van der Waals surface area contributed by atoms with Crippen LogP contribution in [0, 0.1) is 6.92 Å². The van der Waals surface area contributed by atoms with Crippen LogP contribution in [0.3, 0.4) is 0 Å². The highest BCUT2D eigenvalue weighted by Gasteiger charge is 2.40. The molecule has 5 rings (SSSR count). The number of carbonyl (C=O) groups excluding carboxylic acids is 1. The summed E-state index contributed by atoms with van der Waals surface area (Å²) in [5.41, 5.74) is -2.45. The summed E-state index contributed by atoms with van der Waals surface area (Å²) in [5.74, 6) is 0.0129. The summed E-state index contributed by atoms with van der Waals surface area (Å²) in [6, 6.07) is 7.94. The Balaban J connectivity index is 1.46. The lowest BCUT2D eigenvalue weighted by Crippen LogP contribution is -2.41. The molecule has 0 spiro atoms. The number of ether oxygens (including phenoxy) is 1. The number of hydrogen-bond donors (Lipinski definition) is 1. The predicted octanol–water partition coefficient (Wildman–Crippen LogP) is 5.18. The number of halogens is 3. The van der Waals surface area contributed by atoms with Crippen LogP contribution in [0.4, 0.5) is 18.0 Å². The van der Waals surface area contributed by atoms with Gasteiger partial charge in [-0.25, -0.2) is 4.79 Å². The first-order chi connectivity index (χ1) is 18.3. The van der Waals surface area contributed by atoms with E-state index in [1.54, 1.807) is 50.8 Å². The predicted molar refractivity (Wildman–Crippen MR) is 134 cm³/mol. The monoisotopic (exact) mass is 544 g/mol. The Morgan fingerprint density at radius 3 is 2.36 bits per heavy atom. The van der Waals surface area contributed by atoms with Gasteiger partial charge in [0.15, 0.2) is 5.69 Å². The van der Waals surface area contributed by atoms with Crippen molar-refractivity contribution < 1.29 is 27.1 Å². The molecule has 0 unspecified atom stereocenters. The molecule has 1 aliphatic heterocycles. The van der Waals surface area contributed by atoms with Crippen molar-refractivity contribution in [1.82, 2.24) is 29.7 Å². The lowest BCUT2D eigenvalue weighted by molar-refractivity contribution is -0.140. The molecule has 0 radical (unpaired) electrons. The highest BCUT2D eigenvalue weighted by atomic mass is 19.4. The topological polar surface area (TPSA) is 119 Å². The molecule has 10 nitrogen and oxygen atoms in total. The number of rotatable bonds is 3. The quantitative estimate of drug-likeness (QED) is 0.377. The van der Waals surface area contributed by atoms with E-state index in [2.05, 4.69) is 20.3 Å². The molecule has 1 amide bonds. The number of aryl methyl sites for hydroxylation is 1. The van der Waals surface area contributed by atoms with Crippen molar-refractivity contribution in [1.29, 1.82) is 0 Å². The number of aromatic amines is 1. The first kappa shape index (κ1) is 26.4. The van der Waals surface area contributed by atoms with Crippen LogP contribution in [0.15, 0.2) is 39.5 Å². The first-order valence-corrected chi connectivity index (χ1v) is 12.4. The summed E-state index contributed by atoms with van der Waals surface area (Å²) in [6.07, 6.45) is -4.10. The van der Waals surface area contributed by atoms with Crippen molar-refractivity contribution in [3.8, 4) is 22.6 Å². The minimum atomic E-state index is -4.79. The van der Waals surface area contributed by atoms with Crippen molar-refractivity contribution in [2.45, 2.75) is 58.2 Å². The van der Waals surface area contributed by atoms with Gasteiger partial charge in [-0.05, 0) is 46.1 Å². The number of H-pyrrole nitrogens is 1. The maximum atomic E-state index is 13.9. The molecule has 0 bridgehead atoms. The molecule has 1 fully saturated rings. The summed E-state index contributed by atoms with van der Waals surface area (Å²) in [4.78, 5) is 30.3. The number of hydrogen-bond acceptors (Lipinski definition) is 7. The molecule has 1 aliphatic rings. The second-order valence-electron chi connectivity index (χ2n) is 10.5. The fourth-order valence-electron chi connectivity index (χ4n) is 4.65. The zero-order valence-corrected chi connectivity index (χ0v) is 21.8. The van der Waals surface area contributed by atoms with Gasteiger partial charge in [0.05, 0.1) is 5.56 Å². The molecule has 3 aromatic heterocycles. The number of nitrogens with one attached hydrogen (secondary N) is 1. The molecule has 13 heteroatoms. The Kier molecular flexibility index (Phi) is 6.47. The Bertz CT molecular complexity index is 1580. The van der Waals surface area contributed by atoms with Crippen LogP contribution in [0.25, 0.3) is 28.2 Å². The Morgan fingerprint density at radius 1 is 1.08 bits per heavy atom. The molecule has 0 saturated carbocycles.